The Kier molecular flexibility index (Phi) is 6.48. The number of hydrogen-bond donors (Lipinski definition) is 0. The van der Waals surface area contributed by atoms with Crippen LogP contribution in [0, 0.1) is 22.9 Å². The van der Waals surface area contributed by atoms with Gasteiger partial charge in [0.05, 0.1) is 24.5 Å². The molecule has 0 amide bonds. The fraction of sp³-hybridized carbons (Fsp3) is 0.208. The Labute approximate surface area is 194 Å². The molecule has 0 aliphatic heterocycles. The maximum Gasteiger partial charge on any atom is 0.359 e. The second-order valence-corrected chi connectivity index (χ2v) is 7.47. The number of nitrogens with zero attached hydrogens (tertiary/aromatic N) is 5. The maximum absolute atomic E-state index is 13.7. The van der Waals surface area contributed by atoms with Gasteiger partial charge >= 0.3 is 11.8 Å². The molecule has 0 unspecified atom stereocenters. The minimum absolute atomic E-state index is 0.102. The van der Waals surface area contributed by atoms with Crippen LogP contribution in [0.1, 0.15) is 28.8 Å². The lowest BCUT2D eigenvalue weighted by molar-refractivity contribution is -0.392. The first-order valence-corrected chi connectivity index (χ1v) is 10.7. The predicted molar refractivity (Wildman–Crippen MR) is 122 cm³/mol. The fourth-order valence-electron chi connectivity index (χ4n) is 3.81. The van der Waals surface area contributed by atoms with Crippen molar-refractivity contribution in [2.45, 2.75) is 26.8 Å². The van der Waals surface area contributed by atoms with Crippen molar-refractivity contribution >= 4 is 11.8 Å². The van der Waals surface area contributed by atoms with Crippen LogP contribution in [0.15, 0.2) is 60.8 Å². The summed E-state index contributed by atoms with van der Waals surface area (Å²) in [6, 6.07) is 15.1. The highest BCUT2D eigenvalue weighted by molar-refractivity contribution is 5.91. The quantitative estimate of drug-likeness (QED) is 0.216. The Morgan fingerprint density at radius 3 is 2.50 bits per heavy atom. The molecule has 2 aromatic heterocycles. The number of aromatic nitrogens is 4. The molecule has 0 aliphatic rings. The first-order chi connectivity index (χ1) is 16.4. The molecule has 0 N–H and O–H groups in total. The normalized spacial score (nSPS) is 10.9. The summed E-state index contributed by atoms with van der Waals surface area (Å²) in [5, 5.41) is 16.0. The summed E-state index contributed by atoms with van der Waals surface area (Å²) in [7, 11) is 0. The second-order valence-electron chi connectivity index (χ2n) is 7.47. The second kappa shape index (κ2) is 9.65. The van der Waals surface area contributed by atoms with Crippen LogP contribution in [-0.2, 0) is 17.7 Å². The van der Waals surface area contributed by atoms with Crippen molar-refractivity contribution in [2.75, 3.05) is 6.61 Å². The largest absolute Gasteiger partial charge is 0.461 e. The first-order valence-electron chi connectivity index (χ1n) is 10.7. The standard InChI is InChI=1S/C24H22FN5O4/c1-3-34-24(31)22-20(13-14-28-16(2)26-15-21(28)30(32)33)23(17-9-11-18(25)12-10-17)29(27-22)19-7-5-4-6-8-19/h4-12,15H,3,13-14H2,1-2H3. The third-order valence-corrected chi connectivity index (χ3v) is 5.38. The van der Waals surface area contributed by atoms with Crippen molar-refractivity contribution in [3.05, 3.63) is 93.8 Å². The van der Waals surface area contributed by atoms with E-state index in [2.05, 4.69) is 10.1 Å². The van der Waals surface area contributed by atoms with Gasteiger partial charge in [0.2, 0.25) is 0 Å². The molecule has 0 bridgehead atoms. The number of carbonyl (C=O) groups excluding carboxylic acids is 1. The van der Waals surface area contributed by atoms with Gasteiger partial charge in [-0.1, -0.05) is 18.2 Å². The molecule has 4 aromatic rings. The molecule has 9 nitrogen and oxygen atoms in total. The molecule has 0 saturated heterocycles. The molecule has 0 atom stereocenters. The Balaban J connectivity index is 1.89. The number of imidazole rings is 1. The van der Waals surface area contributed by atoms with Gasteiger partial charge in [-0.25, -0.2) is 23.4 Å². The summed E-state index contributed by atoms with van der Waals surface area (Å²) >= 11 is 0. The number of halogens is 1. The van der Waals surface area contributed by atoms with Crippen molar-refractivity contribution in [3.63, 3.8) is 0 Å². The maximum atomic E-state index is 13.7. The minimum Gasteiger partial charge on any atom is -0.461 e. The molecule has 0 spiro atoms. The van der Waals surface area contributed by atoms with E-state index < -0.39 is 16.7 Å². The van der Waals surface area contributed by atoms with Gasteiger partial charge < -0.3 is 14.9 Å². The molecule has 0 saturated carbocycles. The summed E-state index contributed by atoms with van der Waals surface area (Å²) < 4.78 is 22.0. The van der Waals surface area contributed by atoms with Crippen LogP contribution in [0.3, 0.4) is 0 Å². The highest BCUT2D eigenvalue weighted by Crippen LogP contribution is 2.31. The van der Waals surface area contributed by atoms with Crippen LogP contribution in [0.25, 0.3) is 16.9 Å². The summed E-state index contributed by atoms with van der Waals surface area (Å²) in [5.41, 5.74) is 2.56. The number of ether oxygens (including phenoxy) is 1. The molecular weight excluding hydrogens is 441 g/mol. The van der Waals surface area contributed by atoms with Crippen molar-refractivity contribution < 1.29 is 18.8 Å². The van der Waals surface area contributed by atoms with Crippen molar-refractivity contribution in [2.24, 2.45) is 0 Å². The SMILES string of the molecule is CCOC(=O)c1nn(-c2ccccc2)c(-c2ccc(F)cc2)c1CCn1c([N+](=O)[O-])cnc1C. The van der Waals surface area contributed by atoms with E-state index in [4.69, 9.17) is 4.74 Å². The highest BCUT2D eigenvalue weighted by Gasteiger charge is 2.27. The molecule has 0 radical (unpaired) electrons. The zero-order valence-electron chi connectivity index (χ0n) is 18.6. The number of esters is 1. The Morgan fingerprint density at radius 2 is 1.85 bits per heavy atom. The molecular formula is C24H22FN5O4. The number of carbonyl (C=O) groups is 1. The van der Waals surface area contributed by atoms with Gasteiger partial charge in [0.25, 0.3) is 0 Å². The highest BCUT2D eigenvalue weighted by atomic mass is 19.1. The van der Waals surface area contributed by atoms with Crippen LogP contribution >= 0.6 is 0 Å². The third kappa shape index (κ3) is 4.42. The van der Waals surface area contributed by atoms with E-state index in [0.29, 0.717) is 28.3 Å². The molecule has 10 heteroatoms. The van der Waals surface area contributed by atoms with Gasteiger partial charge in [0.1, 0.15) is 12.0 Å². The van der Waals surface area contributed by atoms with Gasteiger partial charge in [0.15, 0.2) is 11.5 Å². The minimum atomic E-state index is -0.604. The van der Waals surface area contributed by atoms with Crippen molar-refractivity contribution in [1.29, 1.82) is 0 Å². The monoisotopic (exact) mass is 463 g/mol. The fourth-order valence-corrected chi connectivity index (χ4v) is 3.81. The van der Waals surface area contributed by atoms with Crippen LogP contribution in [-0.4, -0.2) is 36.8 Å². The smallest absolute Gasteiger partial charge is 0.359 e. The lowest BCUT2D eigenvalue weighted by atomic mass is 10.0. The lowest BCUT2D eigenvalue weighted by Gasteiger charge is -2.11. The van der Waals surface area contributed by atoms with E-state index in [9.17, 15) is 19.3 Å². The van der Waals surface area contributed by atoms with E-state index in [1.54, 1.807) is 30.7 Å². The van der Waals surface area contributed by atoms with Gasteiger partial charge in [-0.05, 0) is 48.2 Å². The zero-order chi connectivity index (χ0) is 24.2. The molecule has 174 valence electrons. The predicted octanol–water partition coefficient (Wildman–Crippen LogP) is 4.51. The third-order valence-electron chi connectivity index (χ3n) is 5.38. The number of hydrogen-bond acceptors (Lipinski definition) is 6. The van der Waals surface area contributed by atoms with Gasteiger partial charge in [-0.15, -0.1) is 0 Å². The zero-order valence-corrected chi connectivity index (χ0v) is 18.6. The molecule has 34 heavy (non-hydrogen) atoms. The molecule has 0 aliphatic carbocycles. The van der Waals surface area contributed by atoms with Crippen molar-refractivity contribution in [3.8, 4) is 16.9 Å². The van der Waals surface area contributed by atoms with E-state index in [-0.39, 0.29) is 31.1 Å². The van der Waals surface area contributed by atoms with Gasteiger partial charge in [0, 0.05) is 24.5 Å². The summed E-state index contributed by atoms with van der Waals surface area (Å²) in [6.07, 6.45) is 1.43. The number of rotatable bonds is 8. The van der Waals surface area contributed by atoms with Crippen molar-refractivity contribution in [1.82, 2.24) is 19.3 Å². The first kappa shape index (κ1) is 22.8. The average molecular weight is 463 g/mol. The van der Waals surface area contributed by atoms with E-state index in [1.165, 1.54) is 22.9 Å². The lowest BCUT2D eigenvalue weighted by Crippen LogP contribution is -2.12. The topological polar surface area (TPSA) is 105 Å². The van der Waals surface area contributed by atoms with Crippen LogP contribution in [0.2, 0.25) is 0 Å². The Morgan fingerprint density at radius 1 is 1.15 bits per heavy atom. The number of benzene rings is 2. The molecule has 0 fully saturated rings. The summed E-state index contributed by atoms with van der Waals surface area (Å²) in [4.78, 5) is 27.8. The van der Waals surface area contributed by atoms with E-state index in [0.717, 1.165) is 0 Å². The Hall–Kier alpha value is -4.34. The Bertz CT molecular complexity index is 1330. The molecule has 4 rings (SSSR count). The molecule has 2 aromatic carbocycles. The van der Waals surface area contributed by atoms with E-state index in [1.807, 2.05) is 30.3 Å². The van der Waals surface area contributed by atoms with Crippen LogP contribution in [0.5, 0.6) is 0 Å². The summed E-state index contributed by atoms with van der Waals surface area (Å²) in [5.74, 6) is -0.670. The van der Waals surface area contributed by atoms with Crippen LogP contribution < -0.4 is 0 Å². The number of para-hydroxylation sites is 1. The van der Waals surface area contributed by atoms with Gasteiger partial charge in [-0.2, -0.15) is 5.10 Å². The number of nitro groups is 1. The average Bonchev–Trinajstić information content (AvgIpc) is 3.39. The van der Waals surface area contributed by atoms with E-state index >= 15 is 0 Å². The van der Waals surface area contributed by atoms with Crippen LogP contribution in [0.4, 0.5) is 10.2 Å². The van der Waals surface area contributed by atoms with Gasteiger partial charge in [-0.3, -0.25) is 0 Å². The number of aryl methyl sites for hydroxylation is 1. The molecule has 2 heterocycles. The summed E-state index contributed by atoms with van der Waals surface area (Å²) in [6.45, 7) is 3.72.